The Labute approximate surface area is 197 Å². The zero-order valence-electron chi connectivity index (χ0n) is 17.6. The number of benzene rings is 2. The average Bonchev–Trinajstić information content (AvgIpc) is 2.82. The van der Waals surface area contributed by atoms with Gasteiger partial charge in [0.1, 0.15) is 17.9 Å². The standard InChI is InChI=1S/C20H16N8O6S/c21-20-25-17-16(18(30)26-20)24-12(8-23-17)9-34-19(31)14-7-11(3-6-15(14)29)28-27-10-1-4-13(5-2-10)35(22,32)33/h1-8,29H,9H2,(H2,22,32,33)(H3,21,23,25,26,30)/b28-27+. The fourth-order valence-electron chi connectivity index (χ4n) is 2.80. The van der Waals surface area contributed by atoms with Crippen LogP contribution in [0.5, 0.6) is 11.6 Å². The Morgan fingerprint density at radius 3 is 2.40 bits per heavy atom. The van der Waals surface area contributed by atoms with Crippen LogP contribution in [0, 0.1) is 0 Å². The Morgan fingerprint density at radius 2 is 1.69 bits per heavy atom. The highest BCUT2D eigenvalue weighted by Crippen LogP contribution is 2.26. The topological polar surface area (TPSA) is 229 Å². The van der Waals surface area contributed by atoms with Crippen molar-refractivity contribution in [3.05, 3.63) is 59.9 Å². The van der Waals surface area contributed by atoms with E-state index in [1.165, 1.54) is 48.7 Å². The van der Waals surface area contributed by atoms with Gasteiger partial charge in [-0.2, -0.15) is 20.2 Å². The van der Waals surface area contributed by atoms with E-state index in [4.69, 9.17) is 15.6 Å². The number of phenolic OH excluding ortho intramolecular Hbond substituents is 1. The summed E-state index contributed by atoms with van der Waals surface area (Å²) in [6.07, 6.45) is 1.28. The van der Waals surface area contributed by atoms with Gasteiger partial charge < -0.3 is 20.7 Å². The Bertz CT molecular complexity index is 1580. The lowest BCUT2D eigenvalue weighted by molar-refractivity contribution is 0.0464. The zero-order valence-corrected chi connectivity index (χ0v) is 18.4. The fraction of sp³-hybridized carbons (Fsp3) is 0.0500. The van der Waals surface area contributed by atoms with E-state index < -0.39 is 21.9 Å². The van der Waals surface area contributed by atoms with Crippen molar-refractivity contribution < 1.29 is 28.2 Å². The molecule has 0 aliphatic carbocycles. The van der Waals surface area contributed by atoms with Gasteiger partial charge in [-0.3, -0.25) is 0 Å². The number of hydrogen-bond donors (Lipinski definition) is 4. The number of carbonyl (C=O) groups is 1. The van der Waals surface area contributed by atoms with Crippen molar-refractivity contribution in [1.82, 2.24) is 19.9 Å². The van der Waals surface area contributed by atoms with Crippen molar-refractivity contribution in [2.24, 2.45) is 15.4 Å². The first-order valence-electron chi connectivity index (χ1n) is 9.63. The first kappa shape index (κ1) is 23.4. The van der Waals surface area contributed by atoms with Gasteiger partial charge in [0.2, 0.25) is 21.9 Å². The number of phenols is 1. The number of carbonyl (C=O) groups excluding carboxylic acids is 1. The van der Waals surface area contributed by atoms with Crippen LogP contribution in [0.3, 0.4) is 0 Å². The van der Waals surface area contributed by atoms with Gasteiger partial charge >= 0.3 is 5.97 Å². The molecule has 2 aromatic carbocycles. The van der Waals surface area contributed by atoms with Crippen molar-refractivity contribution in [3.63, 3.8) is 0 Å². The molecule has 4 rings (SSSR count). The largest absolute Gasteiger partial charge is 0.507 e. The number of anilines is 1. The summed E-state index contributed by atoms with van der Waals surface area (Å²) in [5.41, 5.74) is 6.05. The Morgan fingerprint density at radius 1 is 1.00 bits per heavy atom. The molecule has 35 heavy (non-hydrogen) atoms. The number of ether oxygens (including phenoxy) is 1. The molecule has 2 heterocycles. The molecule has 0 atom stereocenters. The van der Waals surface area contributed by atoms with E-state index in [-0.39, 0.29) is 51.3 Å². The number of hydrogen-bond acceptors (Lipinski definition) is 13. The van der Waals surface area contributed by atoms with Gasteiger partial charge in [-0.25, -0.2) is 28.3 Å². The lowest BCUT2D eigenvalue weighted by Gasteiger charge is -2.07. The van der Waals surface area contributed by atoms with Gasteiger partial charge in [0.05, 0.1) is 28.2 Å². The first-order chi connectivity index (χ1) is 16.6. The minimum Gasteiger partial charge on any atom is -0.507 e. The van der Waals surface area contributed by atoms with E-state index in [1.807, 2.05) is 0 Å². The van der Waals surface area contributed by atoms with Crippen molar-refractivity contribution in [1.29, 1.82) is 0 Å². The number of primary sulfonamides is 1. The van der Waals surface area contributed by atoms with Crippen LogP contribution in [0.2, 0.25) is 0 Å². The molecule has 0 saturated heterocycles. The number of sulfonamides is 1. The van der Waals surface area contributed by atoms with Crippen LogP contribution in [0.15, 0.2) is 63.8 Å². The summed E-state index contributed by atoms with van der Waals surface area (Å²) in [4.78, 5) is 27.9. The highest BCUT2D eigenvalue weighted by molar-refractivity contribution is 7.89. The average molecular weight is 496 g/mol. The summed E-state index contributed by atoms with van der Waals surface area (Å²) in [5, 5.41) is 32.9. The van der Waals surface area contributed by atoms with Crippen LogP contribution in [0.1, 0.15) is 16.1 Å². The van der Waals surface area contributed by atoms with Gasteiger partial charge in [0.25, 0.3) is 0 Å². The van der Waals surface area contributed by atoms with Gasteiger partial charge in [0, 0.05) is 0 Å². The number of aromatic hydroxyl groups is 2. The van der Waals surface area contributed by atoms with Crippen LogP contribution < -0.4 is 10.9 Å². The number of nitrogen functional groups attached to an aromatic ring is 1. The van der Waals surface area contributed by atoms with Gasteiger partial charge in [-0.1, -0.05) is 0 Å². The number of rotatable bonds is 6. The lowest BCUT2D eigenvalue weighted by atomic mass is 10.2. The first-order valence-corrected chi connectivity index (χ1v) is 11.2. The molecule has 4 aromatic rings. The maximum Gasteiger partial charge on any atom is 0.342 e. The second-order valence-electron chi connectivity index (χ2n) is 6.96. The third kappa shape index (κ3) is 5.43. The molecule has 0 fully saturated rings. The summed E-state index contributed by atoms with van der Waals surface area (Å²) < 4.78 is 27.8. The zero-order chi connectivity index (χ0) is 25.2. The number of fused-ring (bicyclic) bond motifs is 1. The molecule has 0 spiro atoms. The van der Waals surface area contributed by atoms with Crippen molar-refractivity contribution in [2.75, 3.05) is 5.73 Å². The van der Waals surface area contributed by atoms with E-state index in [2.05, 4.69) is 30.2 Å². The van der Waals surface area contributed by atoms with Gasteiger partial charge in [-0.05, 0) is 42.5 Å². The molecule has 178 valence electrons. The fourth-order valence-corrected chi connectivity index (χ4v) is 3.32. The molecule has 0 radical (unpaired) electrons. The predicted molar refractivity (Wildman–Crippen MR) is 120 cm³/mol. The molecule has 6 N–H and O–H groups in total. The van der Waals surface area contributed by atoms with Crippen LogP contribution in [-0.4, -0.2) is 44.5 Å². The summed E-state index contributed by atoms with van der Waals surface area (Å²) in [6.45, 7) is -0.326. The van der Waals surface area contributed by atoms with E-state index in [0.29, 0.717) is 5.69 Å². The second kappa shape index (κ2) is 9.24. The van der Waals surface area contributed by atoms with Crippen LogP contribution in [0.4, 0.5) is 17.3 Å². The van der Waals surface area contributed by atoms with Crippen molar-refractivity contribution >= 4 is 44.5 Å². The molecular weight excluding hydrogens is 480 g/mol. The highest BCUT2D eigenvalue weighted by Gasteiger charge is 2.16. The Hall–Kier alpha value is -4.76. The third-order valence-electron chi connectivity index (χ3n) is 4.45. The monoisotopic (exact) mass is 496 g/mol. The SMILES string of the molecule is Nc1nc(O)c2nc(COC(=O)c3cc(/N=N/c4ccc(S(N)(=O)=O)cc4)ccc3O)cnc2n1. The Kier molecular flexibility index (Phi) is 6.18. The summed E-state index contributed by atoms with van der Waals surface area (Å²) in [6, 6.07) is 9.28. The summed E-state index contributed by atoms with van der Waals surface area (Å²) >= 11 is 0. The Balaban J connectivity index is 1.48. The number of nitrogens with zero attached hydrogens (tertiary/aromatic N) is 6. The minimum atomic E-state index is -3.83. The van der Waals surface area contributed by atoms with E-state index >= 15 is 0 Å². The van der Waals surface area contributed by atoms with Crippen LogP contribution in [0.25, 0.3) is 11.2 Å². The molecule has 0 aliphatic rings. The van der Waals surface area contributed by atoms with Gasteiger partial charge in [-0.15, -0.1) is 0 Å². The third-order valence-corrected chi connectivity index (χ3v) is 5.38. The smallest absolute Gasteiger partial charge is 0.342 e. The molecule has 0 bridgehead atoms. The van der Waals surface area contributed by atoms with E-state index in [1.54, 1.807) is 0 Å². The molecule has 0 amide bonds. The minimum absolute atomic E-state index is 0.0184. The normalized spacial score (nSPS) is 11.7. The maximum absolute atomic E-state index is 12.5. The van der Waals surface area contributed by atoms with Crippen LogP contribution in [-0.2, 0) is 21.4 Å². The maximum atomic E-state index is 12.5. The number of azo groups is 1. The molecule has 0 aliphatic heterocycles. The predicted octanol–water partition coefficient (Wildman–Crippen LogP) is 1.83. The van der Waals surface area contributed by atoms with E-state index in [9.17, 15) is 23.4 Å². The number of esters is 1. The number of aromatic nitrogens is 4. The summed E-state index contributed by atoms with van der Waals surface area (Å²) in [7, 11) is -3.83. The highest BCUT2D eigenvalue weighted by atomic mass is 32.2. The molecule has 0 unspecified atom stereocenters. The van der Waals surface area contributed by atoms with Gasteiger partial charge in [0.15, 0.2) is 11.2 Å². The molecule has 0 saturated carbocycles. The molecule has 15 heteroatoms. The number of nitrogens with two attached hydrogens (primary N) is 2. The van der Waals surface area contributed by atoms with Crippen molar-refractivity contribution in [2.45, 2.75) is 11.5 Å². The molecule has 2 aromatic heterocycles. The molecular formula is C20H16N8O6S. The molecule has 14 nitrogen and oxygen atoms in total. The lowest BCUT2D eigenvalue weighted by Crippen LogP contribution is -2.11. The van der Waals surface area contributed by atoms with Crippen molar-refractivity contribution in [3.8, 4) is 11.6 Å². The van der Waals surface area contributed by atoms with E-state index in [0.717, 1.165) is 0 Å². The van der Waals surface area contributed by atoms with Crippen LogP contribution >= 0.6 is 0 Å². The second-order valence-corrected chi connectivity index (χ2v) is 8.52. The quantitative estimate of drug-likeness (QED) is 0.222. The summed E-state index contributed by atoms with van der Waals surface area (Å²) in [5.74, 6) is -1.87.